The Kier molecular flexibility index (Phi) is 4.17. The van der Waals surface area contributed by atoms with Crippen LogP contribution in [0.15, 0.2) is 30.5 Å². The van der Waals surface area contributed by atoms with E-state index >= 15 is 0 Å². The molecule has 3 aromatic heterocycles. The van der Waals surface area contributed by atoms with Crippen molar-refractivity contribution in [2.24, 2.45) is 0 Å². The second-order valence-corrected chi connectivity index (χ2v) is 6.68. The van der Waals surface area contributed by atoms with Crippen molar-refractivity contribution in [3.05, 3.63) is 53.1 Å². The summed E-state index contributed by atoms with van der Waals surface area (Å²) >= 11 is 0. The Bertz CT molecular complexity index is 871. The van der Waals surface area contributed by atoms with Crippen LogP contribution in [0.1, 0.15) is 36.0 Å². The maximum absolute atomic E-state index is 4.79. The molecule has 2 N–H and O–H groups in total. The molecule has 0 bridgehead atoms. The van der Waals surface area contributed by atoms with Crippen LogP contribution in [0, 0.1) is 6.92 Å². The second-order valence-electron chi connectivity index (χ2n) is 6.68. The molecule has 0 spiro atoms. The predicted octanol–water partition coefficient (Wildman–Crippen LogP) is 3.10. The number of aromatic amines is 1. The third-order valence-corrected chi connectivity index (χ3v) is 4.48. The lowest BCUT2D eigenvalue weighted by Crippen LogP contribution is -2.21. The van der Waals surface area contributed by atoms with Crippen molar-refractivity contribution in [3.63, 3.8) is 0 Å². The highest BCUT2D eigenvalue weighted by Crippen LogP contribution is 2.29. The maximum atomic E-state index is 4.79. The van der Waals surface area contributed by atoms with E-state index in [1.54, 1.807) is 6.20 Å². The molecular weight excluding hydrogens is 312 g/mol. The van der Waals surface area contributed by atoms with Gasteiger partial charge in [0.05, 0.1) is 5.69 Å². The standard InChI is InChI=1S/C19H22N6/c1-12(10-14-11-13(2)24-25-14)21-18-15-6-5-8-16(15)22-19(23-18)17-7-3-4-9-20-17/h3-4,7,9,11-12H,5-6,8,10H2,1-2H3,(H,24,25)(H,21,22,23). The van der Waals surface area contributed by atoms with Gasteiger partial charge in [0.15, 0.2) is 5.82 Å². The molecule has 0 amide bonds. The zero-order valence-electron chi connectivity index (χ0n) is 14.6. The van der Waals surface area contributed by atoms with E-state index in [2.05, 4.69) is 33.5 Å². The molecule has 0 fully saturated rings. The van der Waals surface area contributed by atoms with Crippen molar-refractivity contribution in [2.45, 2.75) is 45.6 Å². The van der Waals surface area contributed by atoms with Crippen LogP contribution in [0.3, 0.4) is 0 Å². The number of pyridine rings is 1. The molecule has 1 aliphatic rings. The van der Waals surface area contributed by atoms with Crippen molar-refractivity contribution in [2.75, 3.05) is 5.32 Å². The van der Waals surface area contributed by atoms with Gasteiger partial charge in [0.1, 0.15) is 11.5 Å². The maximum Gasteiger partial charge on any atom is 0.180 e. The number of nitrogens with zero attached hydrogens (tertiary/aromatic N) is 4. The fraction of sp³-hybridized carbons (Fsp3) is 0.368. The van der Waals surface area contributed by atoms with Crippen molar-refractivity contribution in [3.8, 4) is 11.5 Å². The normalized spacial score (nSPS) is 14.3. The largest absolute Gasteiger partial charge is 0.367 e. The zero-order valence-corrected chi connectivity index (χ0v) is 14.6. The summed E-state index contributed by atoms with van der Waals surface area (Å²) in [5.41, 5.74) is 5.37. The Morgan fingerprint density at radius 2 is 2.16 bits per heavy atom. The molecule has 1 unspecified atom stereocenters. The number of aromatic nitrogens is 5. The van der Waals surface area contributed by atoms with Crippen molar-refractivity contribution < 1.29 is 0 Å². The number of fused-ring (bicyclic) bond motifs is 1. The molecule has 6 nitrogen and oxygen atoms in total. The van der Waals surface area contributed by atoms with Gasteiger partial charge in [-0.05, 0) is 51.3 Å². The van der Waals surface area contributed by atoms with Crippen LogP contribution in [0.5, 0.6) is 0 Å². The molecule has 0 aliphatic heterocycles. The van der Waals surface area contributed by atoms with E-state index in [1.165, 1.54) is 5.56 Å². The molecule has 4 rings (SSSR count). The van der Waals surface area contributed by atoms with Gasteiger partial charge in [-0.15, -0.1) is 0 Å². The molecule has 1 aliphatic carbocycles. The summed E-state index contributed by atoms with van der Waals surface area (Å²) in [6.07, 6.45) is 5.81. The highest BCUT2D eigenvalue weighted by atomic mass is 15.1. The number of nitrogens with one attached hydrogen (secondary N) is 2. The van der Waals surface area contributed by atoms with Crippen LogP contribution < -0.4 is 5.32 Å². The number of hydrogen-bond donors (Lipinski definition) is 2. The fourth-order valence-electron chi connectivity index (χ4n) is 3.34. The van der Waals surface area contributed by atoms with Crippen molar-refractivity contribution in [1.29, 1.82) is 0 Å². The molecular formula is C19H22N6. The molecule has 1 atom stereocenters. The van der Waals surface area contributed by atoms with Gasteiger partial charge in [-0.1, -0.05) is 6.07 Å². The SMILES string of the molecule is Cc1cc(CC(C)Nc2nc(-c3ccccn3)nc3c2CCC3)n[nH]1. The van der Waals surface area contributed by atoms with Gasteiger partial charge in [0.2, 0.25) is 0 Å². The van der Waals surface area contributed by atoms with Crippen molar-refractivity contribution in [1.82, 2.24) is 25.1 Å². The number of anilines is 1. The molecule has 0 saturated carbocycles. The van der Waals surface area contributed by atoms with Gasteiger partial charge in [0, 0.05) is 35.6 Å². The van der Waals surface area contributed by atoms with E-state index in [9.17, 15) is 0 Å². The third-order valence-electron chi connectivity index (χ3n) is 4.48. The summed E-state index contributed by atoms with van der Waals surface area (Å²) in [6, 6.07) is 8.15. The minimum Gasteiger partial charge on any atom is -0.367 e. The summed E-state index contributed by atoms with van der Waals surface area (Å²) in [6.45, 7) is 4.18. The minimum absolute atomic E-state index is 0.235. The predicted molar refractivity (Wildman–Crippen MR) is 97.4 cm³/mol. The smallest absolute Gasteiger partial charge is 0.180 e. The highest BCUT2D eigenvalue weighted by molar-refractivity contribution is 5.58. The fourth-order valence-corrected chi connectivity index (χ4v) is 3.34. The van der Waals surface area contributed by atoms with E-state index in [0.29, 0.717) is 5.82 Å². The van der Waals surface area contributed by atoms with E-state index < -0.39 is 0 Å². The van der Waals surface area contributed by atoms with Gasteiger partial charge < -0.3 is 5.32 Å². The van der Waals surface area contributed by atoms with Crippen LogP contribution in [0.25, 0.3) is 11.5 Å². The van der Waals surface area contributed by atoms with Crippen LogP contribution in [0.2, 0.25) is 0 Å². The molecule has 3 heterocycles. The summed E-state index contributed by atoms with van der Waals surface area (Å²) in [4.78, 5) is 13.9. The second kappa shape index (κ2) is 6.63. The number of hydrogen-bond acceptors (Lipinski definition) is 5. The first-order valence-electron chi connectivity index (χ1n) is 8.77. The average Bonchev–Trinajstić information content (AvgIpc) is 3.24. The van der Waals surface area contributed by atoms with Gasteiger partial charge in [0.25, 0.3) is 0 Å². The topological polar surface area (TPSA) is 79.4 Å². The quantitative estimate of drug-likeness (QED) is 0.749. The summed E-state index contributed by atoms with van der Waals surface area (Å²) < 4.78 is 0. The van der Waals surface area contributed by atoms with E-state index in [0.717, 1.165) is 54.3 Å². The number of H-pyrrole nitrogens is 1. The van der Waals surface area contributed by atoms with Crippen LogP contribution >= 0.6 is 0 Å². The highest BCUT2D eigenvalue weighted by Gasteiger charge is 2.21. The number of rotatable bonds is 5. The lowest BCUT2D eigenvalue weighted by atomic mass is 10.1. The molecule has 0 radical (unpaired) electrons. The lowest BCUT2D eigenvalue weighted by Gasteiger charge is -2.17. The average molecular weight is 334 g/mol. The molecule has 0 aromatic carbocycles. The van der Waals surface area contributed by atoms with Gasteiger partial charge >= 0.3 is 0 Å². The van der Waals surface area contributed by atoms with Gasteiger partial charge in [-0.3, -0.25) is 10.1 Å². The summed E-state index contributed by atoms with van der Waals surface area (Å²) in [5, 5.41) is 10.9. The first-order valence-corrected chi connectivity index (χ1v) is 8.77. The van der Waals surface area contributed by atoms with Crippen molar-refractivity contribution >= 4 is 5.82 Å². The first-order chi connectivity index (χ1) is 12.2. The number of aryl methyl sites for hydroxylation is 2. The Labute approximate surface area is 147 Å². The summed E-state index contributed by atoms with van der Waals surface area (Å²) in [5.74, 6) is 1.65. The molecule has 25 heavy (non-hydrogen) atoms. The van der Waals surface area contributed by atoms with Gasteiger partial charge in [-0.25, -0.2) is 9.97 Å². The Morgan fingerprint density at radius 3 is 2.92 bits per heavy atom. The molecule has 0 saturated heterocycles. The molecule has 128 valence electrons. The Hall–Kier alpha value is -2.76. The van der Waals surface area contributed by atoms with E-state index in [4.69, 9.17) is 9.97 Å². The monoisotopic (exact) mass is 334 g/mol. The first kappa shape index (κ1) is 15.7. The minimum atomic E-state index is 0.235. The van der Waals surface area contributed by atoms with Crippen LogP contribution in [-0.2, 0) is 19.3 Å². The van der Waals surface area contributed by atoms with E-state index in [-0.39, 0.29) is 6.04 Å². The van der Waals surface area contributed by atoms with Gasteiger partial charge in [-0.2, -0.15) is 5.10 Å². The van der Waals surface area contributed by atoms with Crippen LogP contribution in [0.4, 0.5) is 5.82 Å². The molecule has 3 aromatic rings. The van der Waals surface area contributed by atoms with Crippen LogP contribution in [-0.4, -0.2) is 31.2 Å². The Balaban J connectivity index is 1.61. The van der Waals surface area contributed by atoms with E-state index in [1.807, 2.05) is 25.1 Å². The molecule has 6 heteroatoms. The third kappa shape index (κ3) is 3.38. The lowest BCUT2D eigenvalue weighted by molar-refractivity contribution is 0.757. The Morgan fingerprint density at radius 1 is 1.24 bits per heavy atom. The summed E-state index contributed by atoms with van der Waals surface area (Å²) in [7, 11) is 0. The zero-order chi connectivity index (χ0) is 17.2.